The number of hydrogen-bond donors (Lipinski definition) is 1. The number of para-hydroxylation sites is 2. The van der Waals surface area contributed by atoms with Gasteiger partial charge in [0.25, 0.3) is 0 Å². The highest BCUT2D eigenvalue weighted by Gasteiger charge is 2.23. The molecule has 8 heteroatoms. The molecule has 0 atom stereocenters. The smallest absolute Gasteiger partial charge is 0.322 e. The number of urea groups is 1. The van der Waals surface area contributed by atoms with Crippen molar-refractivity contribution in [3.63, 3.8) is 0 Å². The van der Waals surface area contributed by atoms with Crippen LogP contribution < -0.4 is 10.1 Å². The van der Waals surface area contributed by atoms with Crippen LogP contribution in [0.5, 0.6) is 5.75 Å². The first-order valence-electron chi connectivity index (χ1n) is 13.2. The van der Waals surface area contributed by atoms with Crippen LogP contribution >= 0.6 is 15.9 Å². The van der Waals surface area contributed by atoms with E-state index in [1.54, 1.807) is 24.1 Å². The molecule has 0 saturated carbocycles. The highest BCUT2D eigenvalue weighted by Crippen LogP contribution is 2.23. The zero-order chi connectivity index (χ0) is 27.5. The standard InChI is InChI=1S/C30H39BrN4O3/c1-5-6-17-34(21-26-10-9-18-33(26)20-24-13-15-25(31)16-14-24)29(36)22-35(19-23(2)3)30(37)32-27-11-7-8-12-28(27)38-4/h7-16,18,23H,5-6,17,19-22H2,1-4H3,(H,32,37). The summed E-state index contributed by atoms with van der Waals surface area (Å²) in [6.45, 7) is 8.53. The highest BCUT2D eigenvalue weighted by atomic mass is 79.9. The van der Waals surface area contributed by atoms with Gasteiger partial charge in [-0.25, -0.2) is 4.79 Å². The average Bonchev–Trinajstić information content (AvgIpc) is 3.33. The van der Waals surface area contributed by atoms with Crippen molar-refractivity contribution in [1.82, 2.24) is 14.4 Å². The number of unbranched alkanes of at least 4 members (excludes halogenated alkanes) is 1. The molecule has 0 aliphatic rings. The van der Waals surface area contributed by atoms with E-state index in [1.165, 1.54) is 5.56 Å². The number of nitrogens with one attached hydrogen (secondary N) is 1. The summed E-state index contributed by atoms with van der Waals surface area (Å²) in [5.41, 5.74) is 2.83. The molecule has 3 rings (SSSR count). The van der Waals surface area contributed by atoms with Crippen molar-refractivity contribution < 1.29 is 14.3 Å². The van der Waals surface area contributed by atoms with Crippen LogP contribution in [0.3, 0.4) is 0 Å². The molecule has 3 aromatic rings. The fourth-order valence-electron chi connectivity index (χ4n) is 4.24. The first kappa shape index (κ1) is 29.3. The van der Waals surface area contributed by atoms with Gasteiger partial charge in [0.05, 0.1) is 19.3 Å². The number of aromatic nitrogens is 1. The Morgan fingerprint density at radius 3 is 2.45 bits per heavy atom. The summed E-state index contributed by atoms with van der Waals surface area (Å²) in [5, 5.41) is 2.92. The Morgan fingerprint density at radius 2 is 1.76 bits per heavy atom. The molecule has 0 radical (unpaired) electrons. The van der Waals surface area contributed by atoms with Crippen molar-refractivity contribution in [2.24, 2.45) is 5.92 Å². The minimum Gasteiger partial charge on any atom is -0.495 e. The molecule has 0 saturated heterocycles. The molecule has 0 aliphatic heterocycles. The van der Waals surface area contributed by atoms with E-state index in [2.05, 4.69) is 50.9 Å². The summed E-state index contributed by atoms with van der Waals surface area (Å²) in [6.07, 6.45) is 3.93. The van der Waals surface area contributed by atoms with Crippen molar-refractivity contribution in [1.29, 1.82) is 0 Å². The molecule has 38 heavy (non-hydrogen) atoms. The van der Waals surface area contributed by atoms with E-state index in [9.17, 15) is 9.59 Å². The second-order valence-corrected chi connectivity index (χ2v) is 10.7. The largest absolute Gasteiger partial charge is 0.495 e. The lowest BCUT2D eigenvalue weighted by Crippen LogP contribution is -2.46. The predicted molar refractivity (Wildman–Crippen MR) is 156 cm³/mol. The molecule has 7 nitrogen and oxygen atoms in total. The minimum atomic E-state index is -0.314. The van der Waals surface area contributed by atoms with Crippen LogP contribution in [0.1, 0.15) is 44.9 Å². The van der Waals surface area contributed by atoms with Crippen molar-refractivity contribution >= 4 is 33.6 Å². The molecule has 204 valence electrons. The predicted octanol–water partition coefficient (Wildman–Crippen LogP) is 6.63. The maximum Gasteiger partial charge on any atom is 0.322 e. The maximum absolute atomic E-state index is 13.6. The Bertz CT molecular complexity index is 1180. The number of ether oxygens (including phenoxy) is 1. The van der Waals surface area contributed by atoms with Crippen LogP contribution in [0, 0.1) is 5.92 Å². The number of amides is 3. The van der Waals surface area contributed by atoms with Crippen LogP contribution in [0.4, 0.5) is 10.5 Å². The quantitative estimate of drug-likeness (QED) is 0.246. The van der Waals surface area contributed by atoms with Crippen LogP contribution in [0.2, 0.25) is 0 Å². The topological polar surface area (TPSA) is 66.8 Å². The van der Waals surface area contributed by atoms with Gasteiger partial charge in [-0.3, -0.25) is 4.79 Å². The third kappa shape index (κ3) is 8.65. The van der Waals surface area contributed by atoms with Gasteiger partial charge in [0.15, 0.2) is 0 Å². The van der Waals surface area contributed by atoms with Gasteiger partial charge in [-0.2, -0.15) is 0 Å². The van der Waals surface area contributed by atoms with E-state index < -0.39 is 0 Å². The van der Waals surface area contributed by atoms with Gasteiger partial charge < -0.3 is 24.4 Å². The van der Waals surface area contributed by atoms with Gasteiger partial charge >= 0.3 is 6.03 Å². The highest BCUT2D eigenvalue weighted by molar-refractivity contribution is 9.10. The van der Waals surface area contributed by atoms with E-state index in [-0.39, 0.29) is 24.4 Å². The van der Waals surface area contributed by atoms with Crippen LogP contribution in [-0.4, -0.2) is 53.0 Å². The zero-order valence-corrected chi connectivity index (χ0v) is 24.4. The first-order chi connectivity index (χ1) is 18.3. The Kier molecular flexibility index (Phi) is 11.3. The van der Waals surface area contributed by atoms with E-state index in [1.807, 2.05) is 55.3 Å². The molecular formula is C30H39BrN4O3. The fourth-order valence-corrected chi connectivity index (χ4v) is 4.50. The molecule has 1 N–H and O–H groups in total. The second kappa shape index (κ2) is 14.6. The maximum atomic E-state index is 13.6. The summed E-state index contributed by atoms with van der Waals surface area (Å²) in [6, 6.07) is 19.3. The Hall–Kier alpha value is -3.26. The number of carbonyl (C=O) groups is 2. The molecule has 0 fully saturated rings. The first-order valence-corrected chi connectivity index (χ1v) is 13.9. The number of nitrogens with zero attached hydrogens (tertiary/aromatic N) is 3. The number of methoxy groups -OCH3 is 1. The fraction of sp³-hybridized carbons (Fsp3) is 0.400. The van der Waals surface area contributed by atoms with Crippen molar-refractivity contribution in [3.05, 3.63) is 82.6 Å². The van der Waals surface area contributed by atoms with Crippen LogP contribution in [-0.2, 0) is 17.9 Å². The Labute approximate surface area is 234 Å². The summed E-state index contributed by atoms with van der Waals surface area (Å²) in [4.78, 5) is 30.4. The van der Waals surface area contributed by atoms with Gasteiger partial charge in [0.2, 0.25) is 5.91 Å². The van der Waals surface area contributed by atoms with Crippen LogP contribution in [0.15, 0.2) is 71.3 Å². The van der Waals surface area contributed by atoms with E-state index >= 15 is 0 Å². The number of halogens is 1. The van der Waals surface area contributed by atoms with Gasteiger partial charge in [-0.1, -0.05) is 67.4 Å². The SMILES string of the molecule is CCCCN(Cc1cccn1Cc1ccc(Br)cc1)C(=O)CN(CC(C)C)C(=O)Nc1ccccc1OC. The second-order valence-electron chi connectivity index (χ2n) is 9.83. The van der Waals surface area contributed by atoms with E-state index in [0.29, 0.717) is 31.1 Å². The third-order valence-corrected chi connectivity index (χ3v) is 6.75. The molecule has 1 heterocycles. The van der Waals surface area contributed by atoms with Crippen LogP contribution in [0.25, 0.3) is 0 Å². The Morgan fingerprint density at radius 1 is 1.03 bits per heavy atom. The lowest BCUT2D eigenvalue weighted by Gasteiger charge is -2.29. The molecule has 0 aliphatic carbocycles. The summed E-state index contributed by atoms with van der Waals surface area (Å²) < 4.78 is 8.60. The van der Waals surface area contributed by atoms with Crippen molar-refractivity contribution in [2.45, 2.75) is 46.7 Å². The van der Waals surface area contributed by atoms with Gasteiger partial charge in [-0.05, 0) is 54.3 Å². The number of anilines is 1. The Balaban J connectivity index is 1.74. The lowest BCUT2D eigenvalue weighted by molar-refractivity contribution is -0.132. The molecular weight excluding hydrogens is 544 g/mol. The molecule has 0 bridgehead atoms. The number of carbonyl (C=O) groups excluding carboxylic acids is 2. The van der Waals surface area contributed by atoms with Gasteiger partial charge in [0.1, 0.15) is 12.3 Å². The number of benzene rings is 2. The van der Waals surface area contributed by atoms with Gasteiger partial charge in [0, 0.05) is 36.0 Å². The summed E-state index contributed by atoms with van der Waals surface area (Å²) >= 11 is 3.49. The van der Waals surface area contributed by atoms with Gasteiger partial charge in [-0.15, -0.1) is 0 Å². The molecule has 3 amide bonds. The zero-order valence-electron chi connectivity index (χ0n) is 22.8. The molecule has 1 aromatic heterocycles. The lowest BCUT2D eigenvalue weighted by atomic mass is 10.2. The number of hydrogen-bond acceptors (Lipinski definition) is 3. The third-order valence-electron chi connectivity index (χ3n) is 6.22. The molecule has 2 aromatic carbocycles. The molecule has 0 spiro atoms. The number of rotatable bonds is 13. The van der Waals surface area contributed by atoms with Crippen molar-refractivity contribution in [3.8, 4) is 5.75 Å². The van der Waals surface area contributed by atoms with E-state index in [4.69, 9.17) is 4.74 Å². The molecule has 0 unspecified atom stereocenters. The average molecular weight is 584 g/mol. The normalized spacial score (nSPS) is 10.9. The summed E-state index contributed by atoms with van der Waals surface area (Å²) in [5.74, 6) is 0.719. The van der Waals surface area contributed by atoms with E-state index in [0.717, 1.165) is 29.6 Å². The van der Waals surface area contributed by atoms with Crippen molar-refractivity contribution in [2.75, 3.05) is 32.1 Å². The monoisotopic (exact) mass is 582 g/mol. The minimum absolute atomic E-state index is 0.0102. The summed E-state index contributed by atoms with van der Waals surface area (Å²) in [7, 11) is 1.57.